The molecular weight excluding hydrogens is 432 g/mol. The molecule has 188 valence electrons. The van der Waals surface area contributed by atoms with Crippen LogP contribution in [0, 0.1) is 24.7 Å². The first kappa shape index (κ1) is 27.0. The van der Waals surface area contributed by atoms with E-state index in [0.29, 0.717) is 6.42 Å². The van der Waals surface area contributed by atoms with Crippen LogP contribution >= 0.6 is 0 Å². The average molecular weight is 475 g/mol. The van der Waals surface area contributed by atoms with E-state index in [4.69, 9.17) is 0 Å². The topological polar surface area (TPSA) is 51.2 Å². The minimum atomic E-state index is -0.0853. The van der Waals surface area contributed by atoms with E-state index in [1.54, 1.807) is 0 Å². The minimum absolute atomic E-state index is 0.0363. The van der Waals surface area contributed by atoms with Crippen LogP contribution in [0.3, 0.4) is 0 Å². The molecule has 2 aliphatic rings. The van der Waals surface area contributed by atoms with Crippen molar-refractivity contribution in [2.24, 2.45) is 17.8 Å². The summed E-state index contributed by atoms with van der Waals surface area (Å²) in [4.78, 5) is 37.8. The number of fused-ring (bicyclic) bond motifs is 1. The molecule has 0 radical (unpaired) electrons. The maximum absolute atomic E-state index is 13.4. The number of hydrogen-bond donors (Lipinski definition) is 0. The molecule has 0 aromatic heterocycles. The third kappa shape index (κ3) is 6.99. The molecule has 0 saturated heterocycles. The molecule has 3 rings (SSSR count). The van der Waals surface area contributed by atoms with E-state index in [0.717, 1.165) is 68.1 Å². The Morgan fingerprint density at radius 3 is 2.57 bits per heavy atom. The molecule has 3 nitrogen and oxygen atoms in total. The molecular formula is C32H42O3. The van der Waals surface area contributed by atoms with Gasteiger partial charge < -0.3 is 0 Å². The van der Waals surface area contributed by atoms with Crippen molar-refractivity contribution in [2.45, 2.75) is 91.9 Å². The number of ketones is 3. The normalized spacial score (nSPS) is 23.0. The molecule has 0 aliphatic heterocycles. The molecule has 0 amide bonds. The Kier molecular flexibility index (Phi) is 10.0. The highest BCUT2D eigenvalue weighted by Gasteiger charge is 2.33. The van der Waals surface area contributed by atoms with Gasteiger partial charge in [-0.1, -0.05) is 69.2 Å². The molecule has 0 bridgehead atoms. The Hall–Kier alpha value is -2.55. The van der Waals surface area contributed by atoms with Gasteiger partial charge in [0.25, 0.3) is 0 Å². The highest BCUT2D eigenvalue weighted by Crippen LogP contribution is 2.38. The van der Waals surface area contributed by atoms with Gasteiger partial charge in [-0.05, 0) is 86.5 Å². The summed E-state index contributed by atoms with van der Waals surface area (Å²) in [7, 11) is 0. The molecule has 0 fully saturated rings. The highest BCUT2D eigenvalue weighted by molar-refractivity contribution is 6.01. The third-order valence-corrected chi connectivity index (χ3v) is 7.76. The number of benzene rings is 1. The monoisotopic (exact) mass is 474 g/mol. The van der Waals surface area contributed by atoms with E-state index in [-0.39, 0.29) is 41.5 Å². The fourth-order valence-corrected chi connectivity index (χ4v) is 6.20. The largest absolute Gasteiger partial charge is 0.300 e. The second-order valence-electron chi connectivity index (χ2n) is 10.5. The van der Waals surface area contributed by atoms with Gasteiger partial charge in [0.15, 0.2) is 5.78 Å². The van der Waals surface area contributed by atoms with Crippen LogP contribution in [0.15, 0.2) is 42.5 Å². The van der Waals surface area contributed by atoms with Gasteiger partial charge in [-0.25, -0.2) is 0 Å². The van der Waals surface area contributed by atoms with Crippen LogP contribution in [0.4, 0.5) is 0 Å². The van der Waals surface area contributed by atoms with Crippen molar-refractivity contribution < 1.29 is 14.4 Å². The van der Waals surface area contributed by atoms with Crippen molar-refractivity contribution in [1.29, 1.82) is 0 Å². The van der Waals surface area contributed by atoms with Gasteiger partial charge >= 0.3 is 0 Å². The quantitative estimate of drug-likeness (QED) is 0.325. The van der Waals surface area contributed by atoms with Gasteiger partial charge in [-0.2, -0.15) is 0 Å². The van der Waals surface area contributed by atoms with Gasteiger partial charge in [0.2, 0.25) is 0 Å². The predicted octanol–water partition coefficient (Wildman–Crippen LogP) is 7.80. The first-order chi connectivity index (χ1) is 16.8. The van der Waals surface area contributed by atoms with E-state index in [1.807, 2.05) is 0 Å². The molecule has 1 aromatic rings. The Balaban J connectivity index is 1.81. The van der Waals surface area contributed by atoms with Gasteiger partial charge in [0.05, 0.1) is 6.42 Å². The first-order valence-electron chi connectivity index (χ1n) is 13.5. The van der Waals surface area contributed by atoms with Gasteiger partial charge in [0, 0.05) is 17.9 Å². The first-order valence-corrected chi connectivity index (χ1v) is 13.5. The van der Waals surface area contributed by atoms with Crippen LogP contribution < -0.4 is 0 Å². The van der Waals surface area contributed by atoms with E-state index in [9.17, 15) is 14.4 Å². The standard InChI is InChI=1S/C32H42O3/c1-5-13-26(28(6-2)30(34)18-22(3)33)19-24-20-27-16-17-29(23(4)32(27)31(35)21-24)25-14-11-9-7-8-10-12-15-25/h7-10,14,16-17,24,26,28H,5-6,11-13,15,18-21H2,1-4H3/b9-7-,10-8-,25-14+. The van der Waals surface area contributed by atoms with E-state index in [1.165, 1.54) is 18.1 Å². The highest BCUT2D eigenvalue weighted by atomic mass is 16.1. The zero-order chi connectivity index (χ0) is 25.4. The maximum atomic E-state index is 13.4. The van der Waals surface area contributed by atoms with Crippen LogP contribution in [0.5, 0.6) is 0 Å². The summed E-state index contributed by atoms with van der Waals surface area (Å²) >= 11 is 0. The number of hydrogen-bond acceptors (Lipinski definition) is 3. The molecule has 0 saturated carbocycles. The van der Waals surface area contributed by atoms with Crippen molar-refractivity contribution in [3.05, 3.63) is 64.8 Å². The Morgan fingerprint density at radius 2 is 1.86 bits per heavy atom. The van der Waals surface area contributed by atoms with Crippen molar-refractivity contribution in [2.75, 3.05) is 0 Å². The molecule has 0 heterocycles. The lowest BCUT2D eigenvalue weighted by molar-refractivity contribution is -0.129. The lowest BCUT2D eigenvalue weighted by Gasteiger charge is -2.32. The summed E-state index contributed by atoms with van der Waals surface area (Å²) in [6, 6.07) is 4.39. The van der Waals surface area contributed by atoms with Crippen LogP contribution in [0.1, 0.15) is 106 Å². The SMILES string of the molecule is CCCC(CC1CC(=O)c2c(ccc(/C3=C/C/C=C\C=C/CC3)c2C)C1)C(CC)C(=O)CC(C)=O. The van der Waals surface area contributed by atoms with Gasteiger partial charge in [0.1, 0.15) is 11.6 Å². The number of rotatable bonds is 10. The summed E-state index contributed by atoms with van der Waals surface area (Å²) in [5.74, 6) is 0.681. The molecule has 3 atom stereocenters. The van der Waals surface area contributed by atoms with Crippen LogP contribution in [-0.4, -0.2) is 17.3 Å². The summed E-state index contributed by atoms with van der Waals surface area (Å²) in [5, 5.41) is 0. The van der Waals surface area contributed by atoms with Crippen LogP contribution in [0.25, 0.3) is 5.57 Å². The summed E-state index contributed by atoms with van der Waals surface area (Å²) in [6.07, 6.45) is 18.9. The molecule has 0 spiro atoms. The molecule has 2 aliphatic carbocycles. The molecule has 3 heteroatoms. The lowest BCUT2D eigenvalue weighted by Crippen LogP contribution is -2.30. The van der Waals surface area contributed by atoms with Crippen molar-refractivity contribution in [3.8, 4) is 0 Å². The number of carbonyl (C=O) groups is 3. The zero-order valence-electron chi connectivity index (χ0n) is 22.1. The third-order valence-electron chi connectivity index (χ3n) is 7.76. The summed E-state index contributed by atoms with van der Waals surface area (Å²) in [6.45, 7) is 7.81. The van der Waals surface area contributed by atoms with E-state index in [2.05, 4.69) is 63.3 Å². The van der Waals surface area contributed by atoms with Crippen LogP contribution in [-0.2, 0) is 16.0 Å². The van der Waals surface area contributed by atoms with Crippen molar-refractivity contribution >= 4 is 22.9 Å². The predicted molar refractivity (Wildman–Crippen MR) is 145 cm³/mol. The van der Waals surface area contributed by atoms with E-state index < -0.39 is 0 Å². The molecule has 3 unspecified atom stereocenters. The Labute approximate surface area is 211 Å². The zero-order valence-corrected chi connectivity index (χ0v) is 22.1. The smallest absolute Gasteiger partial charge is 0.163 e. The molecule has 35 heavy (non-hydrogen) atoms. The molecule has 0 N–H and O–H groups in total. The van der Waals surface area contributed by atoms with Crippen molar-refractivity contribution in [1.82, 2.24) is 0 Å². The van der Waals surface area contributed by atoms with Gasteiger partial charge in [-0.3, -0.25) is 14.4 Å². The Bertz CT molecular complexity index is 1020. The Morgan fingerprint density at radius 1 is 1.09 bits per heavy atom. The fraction of sp³-hybridized carbons (Fsp3) is 0.531. The van der Waals surface area contributed by atoms with Crippen LogP contribution in [0.2, 0.25) is 0 Å². The number of allylic oxidation sites excluding steroid dienone is 6. The second kappa shape index (κ2) is 13.0. The van der Waals surface area contributed by atoms with E-state index >= 15 is 0 Å². The fourth-order valence-electron chi connectivity index (χ4n) is 6.20. The average Bonchev–Trinajstić information content (AvgIpc) is 2.93. The van der Waals surface area contributed by atoms with Gasteiger partial charge in [-0.15, -0.1) is 0 Å². The van der Waals surface area contributed by atoms with Crippen molar-refractivity contribution in [3.63, 3.8) is 0 Å². The molecule has 1 aromatic carbocycles. The lowest BCUT2D eigenvalue weighted by atomic mass is 9.71. The summed E-state index contributed by atoms with van der Waals surface area (Å²) in [5.41, 5.74) is 5.75. The maximum Gasteiger partial charge on any atom is 0.163 e. The second-order valence-corrected chi connectivity index (χ2v) is 10.5. The minimum Gasteiger partial charge on any atom is -0.300 e. The number of carbonyl (C=O) groups excluding carboxylic acids is 3. The number of Topliss-reactive ketones (excluding diaryl/α,β-unsaturated/α-hetero) is 3. The summed E-state index contributed by atoms with van der Waals surface area (Å²) < 4.78 is 0.